The van der Waals surface area contributed by atoms with E-state index in [1.165, 1.54) is 0 Å². The number of piperazine rings is 2. The number of anilines is 1. The predicted octanol–water partition coefficient (Wildman–Crippen LogP) is 1.81. The van der Waals surface area contributed by atoms with Crippen LogP contribution < -0.4 is 4.90 Å². The third-order valence-electron chi connectivity index (χ3n) is 4.68. The molecule has 0 N–H and O–H groups in total. The largest absolute Gasteiger partial charge is 0.354 e. The third-order valence-corrected chi connectivity index (χ3v) is 4.91. The van der Waals surface area contributed by atoms with E-state index >= 15 is 0 Å². The van der Waals surface area contributed by atoms with Crippen molar-refractivity contribution in [3.63, 3.8) is 0 Å². The fourth-order valence-corrected chi connectivity index (χ4v) is 3.52. The number of carbonyl (C=O) groups is 1. The topological polar surface area (TPSA) is 76.6 Å². The van der Waals surface area contributed by atoms with Gasteiger partial charge in [0.05, 0.1) is 6.54 Å². The van der Waals surface area contributed by atoms with Gasteiger partial charge in [-0.15, -0.1) is 0 Å². The number of aromatic nitrogens is 1. The van der Waals surface area contributed by atoms with Crippen LogP contribution in [0.2, 0.25) is 5.02 Å². The quantitative estimate of drug-likeness (QED) is 0.763. The number of carbonyl (C=O) groups excluding carboxylic acids is 1. The van der Waals surface area contributed by atoms with E-state index in [0.717, 1.165) is 18.7 Å². The average molecular weight is 358 g/mol. The van der Waals surface area contributed by atoms with Crippen molar-refractivity contribution in [3.8, 4) is 17.5 Å². The highest BCUT2D eigenvalue weighted by molar-refractivity contribution is 6.30. The van der Waals surface area contributed by atoms with Crippen molar-refractivity contribution < 1.29 is 9.32 Å². The van der Waals surface area contributed by atoms with Gasteiger partial charge in [-0.2, -0.15) is 5.26 Å². The number of rotatable bonds is 2. The Kier molecular flexibility index (Phi) is 4.07. The smallest absolute Gasteiger partial charge is 0.247 e. The summed E-state index contributed by atoms with van der Waals surface area (Å²) in [6.45, 7) is 3.14. The maximum Gasteiger partial charge on any atom is 0.247 e. The van der Waals surface area contributed by atoms with Gasteiger partial charge in [0.15, 0.2) is 17.8 Å². The van der Waals surface area contributed by atoms with Crippen molar-refractivity contribution in [1.82, 2.24) is 15.0 Å². The fourth-order valence-electron chi connectivity index (χ4n) is 3.33. The summed E-state index contributed by atoms with van der Waals surface area (Å²) >= 11 is 6.01. The zero-order chi connectivity index (χ0) is 17.4. The van der Waals surface area contributed by atoms with Crippen LogP contribution in [0.15, 0.2) is 34.9 Å². The van der Waals surface area contributed by atoms with E-state index in [1.807, 2.05) is 12.1 Å². The Labute approximate surface area is 149 Å². The molecule has 4 rings (SSSR count). The lowest BCUT2D eigenvalue weighted by Gasteiger charge is -2.44. The molecule has 2 aromatic rings. The summed E-state index contributed by atoms with van der Waals surface area (Å²) in [7, 11) is 0. The van der Waals surface area contributed by atoms with Crippen molar-refractivity contribution in [1.29, 1.82) is 5.26 Å². The van der Waals surface area contributed by atoms with Crippen molar-refractivity contribution in [2.75, 3.05) is 37.6 Å². The van der Waals surface area contributed by atoms with Crippen LogP contribution >= 0.6 is 11.6 Å². The van der Waals surface area contributed by atoms with E-state index in [4.69, 9.17) is 21.4 Å². The number of halogens is 1. The van der Waals surface area contributed by atoms with Gasteiger partial charge in [-0.1, -0.05) is 28.9 Å². The molecule has 2 aliphatic rings. The van der Waals surface area contributed by atoms with Gasteiger partial charge in [0.1, 0.15) is 6.04 Å². The van der Waals surface area contributed by atoms with E-state index in [-0.39, 0.29) is 11.9 Å². The van der Waals surface area contributed by atoms with Crippen molar-refractivity contribution >= 4 is 23.3 Å². The third kappa shape index (κ3) is 2.95. The molecule has 0 aliphatic carbocycles. The number of amides is 1. The predicted molar refractivity (Wildman–Crippen MR) is 91.8 cm³/mol. The molecule has 8 heteroatoms. The fraction of sp³-hybridized carbons (Fsp3) is 0.353. The minimum Gasteiger partial charge on any atom is -0.354 e. The second-order valence-electron chi connectivity index (χ2n) is 6.15. The highest BCUT2D eigenvalue weighted by Crippen LogP contribution is 2.28. The number of nitriles is 1. The summed E-state index contributed by atoms with van der Waals surface area (Å²) in [5, 5.41) is 13.8. The lowest BCUT2D eigenvalue weighted by molar-refractivity contribution is -0.127. The average Bonchev–Trinajstić information content (AvgIpc) is 3.12. The van der Waals surface area contributed by atoms with Gasteiger partial charge in [-0.3, -0.25) is 14.6 Å². The molecule has 1 aromatic carbocycles. The molecule has 25 heavy (non-hydrogen) atoms. The summed E-state index contributed by atoms with van der Waals surface area (Å²) in [4.78, 5) is 18.3. The Morgan fingerprint density at radius 2 is 2.08 bits per heavy atom. The van der Waals surface area contributed by atoms with Crippen LogP contribution in [0.4, 0.5) is 5.82 Å². The molecule has 2 saturated heterocycles. The minimum atomic E-state index is -0.312. The van der Waals surface area contributed by atoms with Crippen LogP contribution in [0.25, 0.3) is 11.3 Å². The maximum atomic E-state index is 12.9. The van der Waals surface area contributed by atoms with Gasteiger partial charge in [0.25, 0.3) is 0 Å². The molecule has 2 aliphatic heterocycles. The first-order chi connectivity index (χ1) is 12.2. The van der Waals surface area contributed by atoms with E-state index < -0.39 is 0 Å². The van der Waals surface area contributed by atoms with Crippen LogP contribution in [0.3, 0.4) is 0 Å². The Balaban J connectivity index is 1.56. The van der Waals surface area contributed by atoms with Crippen LogP contribution in [0, 0.1) is 11.5 Å². The molecular weight excluding hydrogens is 342 g/mol. The molecule has 1 aromatic heterocycles. The lowest BCUT2D eigenvalue weighted by Crippen LogP contribution is -2.64. The normalized spacial score (nSPS) is 21.1. The Hall–Kier alpha value is -2.56. The van der Waals surface area contributed by atoms with Crippen LogP contribution in [0.1, 0.15) is 0 Å². The van der Waals surface area contributed by atoms with Gasteiger partial charge in [0, 0.05) is 42.8 Å². The highest BCUT2D eigenvalue weighted by Gasteiger charge is 2.39. The maximum absolute atomic E-state index is 12.9. The van der Waals surface area contributed by atoms with Crippen molar-refractivity contribution in [2.45, 2.75) is 6.04 Å². The van der Waals surface area contributed by atoms with E-state index in [2.05, 4.69) is 16.2 Å². The van der Waals surface area contributed by atoms with Crippen LogP contribution in [-0.4, -0.2) is 59.6 Å². The van der Waals surface area contributed by atoms with Crippen molar-refractivity contribution in [3.05, 3.63) is 35.4 Å². The number of hydrogen-bond donors (Lipinski definition) is 0. The Morgan fingerprint density at radius 3 is 2.88 bits per heavy atom. The number of hydrogen-bond acceptors (Lipinski definition) is 6. The first-order valence-corrected chi connectivity index (χ1v) is 8.46. The van der Waals surface area contributed by atoms with Crippen LogP contribution in [-0.2, 0) is 4.79 Å². The Morgan fingerprint density at radius 1 is 1.24 bits per heavy atom. The Bertz CT molecular complexity index is 846. The van der Waals surface area contributed by atoms with E-state index in [9.17, 15) is 4.79 Å². The summed E-state index contributed by atoms with van der Waals surface area (Å²) in [6.07, 6.45) is 2.13. The molecule has 2 fully saturated rings. The lowest BCUT2D eigenvalue weighted by atomic mass is 10.1. The highest BCUT2D eigenvalue weighted by atomic mass is 35.5. The zero-order valence-electron chi connectivity index (χ0n) is 13.4. The minimum absolute atomic E-state index is 0.0443. The van der Waals surface area contributed by atoms with Gasteiger partial charge in [-0.25, -0.2) is 0 Å². The molecule has 7 nitrogen and oxygen atoms in total. The number of fused-ring (bicyclic) bond motifs is 1. The first-order valence-electron chi connectivity index (χ1n) is 8.08. The molecule has 0 radical (unpaired) electrons. The van der Waals surface area contributed by atoms with E-state index in [1.54, 1.807) is 28.0 Å². The number of benzene rings is 1. The molecule has 0 unspecified atom stereocenters. The molecule has 0 saturated carbocycles. The monoisotopic (exact) mass is 357 g/mol. The number of nitrogens with zero attached hydrogens (tertiary/aromatic N) is 5. The molecular formula is C17H16ClN5O2. The first kappa shape index (κ1) is 15.9. The van der Waals surface area contributed by atoms with Gasteiger partial charge in [-0.05, 0) is 12.1 Å². The van der Waals surface area contributed by atoms with Crippen molar-refractivity contribution in [2.24, 2.45) is 0 Å². The molecule has 0 bridgehead atoms. The molecule has 0 spiro atoms. The summed E-state index contributed by atoms with van der Waals surface area (Å²) in [5.41, 5.74) is 0.811. The second-order valence-corrected chi connectivity index (χ2v) is 6.58. The van der Waals surface area contributed by atoms with Gasteiger partial charge >= 0.3 is 0 Å². The summed E-state index contributed by atoms with van der Waals surface area (Å²) < 4.78 is 5.41. The molecule has 3 heterocycles. The second kappa shape index (κ2) is 6.39. The van der Waals surface area contributed by atoms with Crippen LogP contribution in [0.5, 0.6) is 0 Å². The van der Waals surface area contributed by atoms with Gasteiger partial charge in [0.2, 0.25) is 5.91 Å². The zero-order valence-corrected chi connectivity index (χ0v) is 14.2. The summed E-state index contributed by atoms with van der Waals surface area (Å²) in [5.74, 6) is 1.01. The van der Waals surface area contributed by atoms with Gasteiger partial charge < -0.3 is 9.42 Å². The molecule has 128 valence electrons. The summed E-state index contributed by atoms with van der Waals surface area (Å²) in [6, 6.07) is 8.73. The standard InChI is InChI=1S/C17H16ClN5O2/c18-13-3-1-2-12(8-13)15-9-16(20-25-15)23-7-6-22-5-4-21(11-19)10-14(22)17(23)24/h1-3,8-9,14H,4-7,10H2/t14-/m1/s1. The SMILES string of the molecule is N#CN1CCN2CCN(c3cc(-c4cccc(Cl)c4)on3)C(=O)[C@H]2C1. The molecule has 1 atom stereocenters. The van der Waals surface area contributed by atoms with E-state index in [0.29, 0.717) is 36.2 Å². The molecule has 1 amide bonds.